The lowest BCUT2D eigenvalue weighted by Crippen LogP contribution is -2.28. The van der Waals surface area contributed by atoms with Gasteiger partial charge < -0.3 is 10.1 Å². The van der Waals surface area contributed by atoms with E-state index < -0.39 is 10.0 Å². The molecule has 0 bridgehead atoms. The van der Waals surface area contributed by atoms with E-state index in [1.807, 2.05) is 24.3 Å². The molecule has 1 fully saturated rings. The summed E-state index contributed by atoms with van der Waals surface area (Å²) >= 11 is 6.15. The number of rotatable bonds is 10. The Hall–Kier alpha value is -2.09. The van der Waals surface area contributed by atoms with Crippen molar-refractivity contribution in [1.29, 1.82) is 0 Å². The van der Waals surface area contributed by atoms with Crippen molar-refractivity contribution in [3.8, 4) is 5.75 Å². The van der Waals surface area contributed by atoms with Crippen molar-refractivity contribution < 1.29 is 17.9 Å². The van der Waals surface area contributed by atoms with E-state index in [1.165, 1.54) is 4.31 Å². The molecule has 0 aliphatic carbocycles. The van der Waals surface area contributed by atoms with Crippen LogP contribution in [0.2, 0.25) is 5.02 Å². The van der Waals surface area contributed by atoms with Crippen LogP contribution >= 0.6 is 11.6 Å². The quantitative estimate of drug-likeness (QED) is 0.542. The normalized spacial score (nSPS) is 14.5. The fraction of sp³-hybridized carbons (Fsp3) is 0.435. The highest BCUT2D eigenvalue weighted by Crippen LogP contribution is 2.27. The molecule has 3 rings (SSSR count). The van der Waals surface area contributed by atoms with Crippen molar-refractivity contribution in [2.45, 2.75) is 43.4 Å². The molecule has 1 saturated heterocycles. The first kappa shape index (κ1) is 23.6. The lowest BCUT2D eigenvalue weighted by Gasteiger charge is -2.17. The smallest absolute Gasteiger partial charge is 0.243 e. The summed E-state index contributed by atoms with van der Waals surface area (Å²) in [5, 5.41) is 3.66. The van der Waals surface area contributed by atoms with Crippen LogP contribution in [0.3, 0.4) is 0 Å². The largest absolute Gasteiger partial charge is 0.496 e. The van der Waals surface area contributed by atoms with Gasteiger partial charge in [0.25, 0.3) is 0 Å². The molecular formula is C23H29ClN2O4S. The minimum Gasteiger partial charge on any atom is -0.496 e. The number of benzene rings is 2. The average molecular weight is 465 g/mol. The fourth-order valence-electron chi connectivity index (χ4n) is 3.73. The van der Waals surface area contributed by atoms with Gasteiger partial charge in [0.15, 0.2) is 0 Å². The Morgan fingerprint density at radius 2 is 1.84 bits per heavy atom. The molecule has 6 nitrogen and oxygen atoms in total. The van der Waals surface area contributed by atoms with E-state index in [-0.39, 0.29) is 17.2 Å². The van der Waals surface area contributed by atoms with Gasteiger partial charge in [0, 0.05) is 31.1 Å². The molecular weight excluding hydrogens is 436 g/mol. The Bertz CT molecular complexity index is 1000. The molecule has 1 heterocycles. The van der Waals surface area contributed by atoms with Gasteiger partial charge in [0.1, 0.15) is 5.75 Å². The Morgan fingerprint density at radius 1 is 1.10 bits per heavy atom. The molecule has 0 atom stereocenters. The van der Waals surface area contributed by atoms with Crippen molar-refractivity contribution in [3.05, 3.63) is 58.6 Å². The van der Waals surface area contributed by atoms with Crippen molar-refractivity contribution >= 4 is 27.5 Å². The predicted octanol–water partition coefficient (Wildman–Crippen LogP) is 3.81. The molecule has 0 saturated carbocycles. The maximum atomic E-state index is 12.8. The molecule has 0 radical (unpaired) electrons. The summed E-state index contributed by atoms with van der Waals surface area (Å²) in [6, 6.07) is 12.6. The Kier molecular flexibility index (Phi) is 8.35. The second-order valence-electron chi connectivity index (χ2n) is 7.63. The summed E-state index contributed by atoms with van der Waals surface area (Å²) in [4.78, 5) is 12.5. The Balaban J connectivity index is 1.54. The first-order chi connectivity index (χ1) is 14.9. The summed E-state index contributed by atoms with van der Waals surface area (Å²) < 4.78 is 32.6. The van der Waals surface area contributed by atoms with Crippen LogP contribution in [-0.4, -0.2) is 45.4 Å². The van der Waals surface area contributed by atoms with Crippen molar-refractivity contribution in [3.63, 3.8) is 0 Å². The van der Waals surface area contributed by atoms with Gasteiger partial charge in [0.05, 0.1) is 12.0 Å². The van der Waals surface area contributed by atoms with E-state index >= 15 is 0 Å². The van der Waals surface area contributed by atoms with E-state index in [9.17, 15) is 13.2 Å². The zero-order valence-corrected chi connectivity index (χ0v) is 19.3. The maximum absolute atomic E-state index is 12.8. The van der Waals surface area contributed by atoms with Crippen LogP contribution in [0.4, 0.5) is 0 Å². The molecule has 0 spiro atoms. The Labute approximate surface area is 189 Å². The van der Waals surface area contributed by atoms with Gasteiger partial charge in [0.2, 0.25) is 15.9 Å². The second kappa shape index (κ2) is 11.0. The van der Waals surface area contributed by atoms with Crippen molar-refractivity contribution in [1.82, 2.24) is 9.62 Å². The van der Waals surface area contributed by atoms with E-state index in [4.69, 9.17) is 16.3 Å². The maximum Gasteiger partial charge on any atom is 0.243 e. The van der Waals surface area contributed by atoms with E-state index in [1.54, 1.807) is 25.3 Å². The average Bonchev–Trinajstić information content (AvgIpc) is 3.32. The minimum atomic E-state index is -3.51. The summed E-state index contributed by atoms with van der Waals surface area (Å²) in [7, 11) is -1.96. The molecule has 0 unspecified atom stereocenters. The van der Waals surface area contributed by atoms with E-state index in [0.717, 1.165) is 36.3 Å². The molecule has 2 aromatic rings. The van der Waals surface area contributed by atoms with Crippen LogP contribution in [0.25, 0.3) is 0 Å². The summed E-state index contributed by atoms with van der Waals surface area (Å²) in [5.74, 6) is 0.515. The third-order valence-corrected chi connectivity index (χ3v) is 7.74. The number of halogens is 1. The number of methoxy groups -OCH3 is 1. The van der Waals surface area contributed by atoms with Crippen LogP contribution in [0.5, 0.6) is 5.75 Å². The number of carbonyl (C=O) groups excluding carboxylic acids is 1. The third-order valence-electron chi connectivity index (χ3n) is 5.48. The number of carbonyl (C=O) groups is 1. The number of hydrogen-bond acceptors (Lipinski definition) is 4. The highest BCUT2D eigenvalue weighted by molar-refractivity contribution is 7.89. The molecule has 1 aliphatic rings. The molecule has 2 aromatic carbocycles. The molecule has 1 aliphatic heterocycles. The number of aryl methyl sites for hydroxylation is 2. The molecule has 1 N–H and O–H groups in total. The first-order valence-corrected chi connectivity index (χ1v) is 12.4. The number of ether oxygens (including phenoxy) is 1. The van der Waals surface area contributed by atoms with Crippen LogP contribution in [0.1, 0.15) is 36.8 Å². The van der Waals surface area contributed by atoms with Gasteiger partial charge in [-0.05, 0) is 67.5 Å². The highest BCUT2D eigenvalue weighted by atomic mass is 35.5. The standard InChI is InChI=1S/C23H29ClN2O4S/c1-30-22-12-11-20(31(28,29)26-15-4-5-16-26)17-19(22)10-13-23(27)25-14-6-8-18-7-2-3-9-21(18)24/h2-3,7,9,11-12,17H,4-6,8,10,13-16H2,1H3,(H,25,27). The predicted molar refractivity (Wildman–Crippen MR) is 122 cm³/mol. The lowest BCUT2D eigenvalue weighted by atomic mass is 10.1. The van der Waals surface area contributed by atoms with Crippen LogP contribution in [-0.2, 0) is 27.7 Å². The summed E-state index contributed by atoms with van der Waals surface area (Å²) in [5.41, 5.74) is 1.79. The van der Waals surface area contributed by atoms with Crippen molar-refractivity contribution in [2.24, 2.45) is 0 Å². The lowest BCUT2D eigenvalue weighted by molar-refractivity contribution is -0.121. The second-order valence-corrected chi connectivity index (χ2v) is 9.97. The highest BCUT2D eigenvalue weighted by Gasteiger charge is 2.27. The monoisotopic (exact) mass is 464 g/mol. The molecule has 31 heavy (non-hydrogen) atoms. The zero-order valence-electron chi connectivity index (χ0n) is 17.8. The van der Waals surface area contributed by atoms with E-state index in [0.29, 0.717) is 37.4 Å². The topological polar surface area (TPSA) is 75.7 Å². The first-order valence-electron chi connectivity index (χ1n) is 10.6. The minimum absolute atomic E-state index is 0.0750. The van der Waals surface area contributed by atoms with Crippen LogP contribution in [0.15, 0.2) is 47.4 Å². The number of hydrogen-bond donors (Lipinski definition) is 1. The third kappa shape index (κ3) is 6.21. The fourth-order valence-corrected chi connectivity index (χ4v) is 5.53. The molecule has 168 valence electrons. The molecule has 1 amide bonds. The number of nitrogens with zero attached hydrogens (tertiary/aromatic N) is 1. The summed E-state index contributed by atoms with van der Waals surface area (Å²) in [6.07, 6.45) is 4.03. The van der Waals surface area contributed by atoms with Gasteiger partial charge in [-0.15, -0.1) is 0 Å². The van der Waals surface area contributed by atoms with Crippen LogP contribution in [0, 0.1) is 0 Å². The molecule has 0 aromatic heterocycles. The van der Waals surface area contributed by atoms with Crippen LogP contribution < -0.4 is 10.1 Å². The Morgan fingerprint density at radius 3 is 2.55 bits per heavy atom. The number of nitrogens with one attached hydrogen (secondary N) is 1. The van der Waals surface area contributed by atoms with Gasteiger partial charge in [-0.3, -0.25) is 4.79 Å². The number of sulfonamides is 1. The van der Waals surface area contributed by atoms with Gasteiger partial charge >= 0.3 is 0 Å². The van der Waals surface area contributed by atoms with Gasteiger partial charge in [-0.2, -0.15) is 4.31 Å². The van der Waals surface area contributed by atoms with Gasteiger partial charge in [-0.1, -0.05) is 29.8 Å². The SMILES string of the molecule is COc1ccc(S(=O)(=O)N2CCCC2)cc1CCC(=O)NCCCc1ccccc1Cl. The molecule has 8 heteroatoms. The number of amides is 1. The van der Waals surface area contributed by atoms with Gasteiger partial charge in [-0.25, -0.2) is 8.42 Å². The van der Waals surface area contributed by atoms with E-state index in [2.05, 4.69) is 5.32 Å². The summed E-state index contributed by atoms with van der Waals surface area (Å²) in [6.45, 7) is 1.67. The van der Waals surface area contributed by atoms with Crippen molar-refractivity contribution in [2.75, 3.05) is 26.7 Å². The zero-order chi connectivity index (χ0) is 22.3.